The average molecular weight is 297 g/mol. The van der Waals surface area contributed by atoms with Crippen molar-refractivity contribution in [1.29, 1.82) is 0 Å². The van der Waals surface area contributed by atoms with E-state index in [-0.39, 0.29) is 11.2 Å². The lowest BCUT2D eigenvalue weighted by molar-refractivity contribution is -0.118. The molecule has 1 aliphatic rings. The van der Waals surface area contributed by atoms with Gasteiger partial charge in [0.05, 0.1) is 11.5 Å². The van der Waals surface area contributed by atoms with E-state index in [1.807, 2.05) is 31.2 Å². The van der Waals surface area contributed by atoms with Crippen LogP contribution < -0.4 is 5.32 Å². The highest BCUT2D eigenvalue weighted by atomic mass is 32.2. The average Bonchev–Trinajstić information content (AvgIpc) is 2.87. The molecule has 1 saturated heterocycles. The molecule has 1 aliphatic heterocycles. The molecule has 0 aromatic heterocycles. The molecule has 0 spiro atoms. The Morgan fingerprint density at radius 1 is 1.24 bits per heavy atom. The van der Waals surface area contributed by atoms with E-state index in [1.54, 1.807) is 6.21 Å². The van der Waals surface area contributed by atoms with Crippen molar-refractivity contribution in [3.8, 4) is 0 Å². The van der Waals surface area contributed by atoms with Crippen LogP contribution in [0.3, 0.4) is 0 Å². The van der Waals surface area contributed by atoms with Crippen molar-refractivity contribution in [1.82, 2.24) is 5.32 Å². The van der Waals surface area contributed by atoms with Gasteiger partial charge in [0.2, 0.25) is 5.91 Å². The van der Waals surface area contributed by atoms with Crippen LogP contribution in [0, 0.1) is 0 Å². The molecule has 1 amide bonds. The first-order valence-corrected chi connectivity index (χ1v) is 7.72. The van der Waals surface area contributed by atoms with Gasteiger partial charge in [-0.25, -0.2) is 0 Å². The number of benzene rings is 2. The molecule has 3 rings (SSSR count). The van der Waals surface area contributed by atoms with Crippen molar-refractivity contribution >= 4 is 39.8 Å². The highest BCUT2D eigenvalue weighted by Crippen LogP contribution is 2.22. The fourth-order valence-electron chi connectivity index (χ4n) is 2.23. The fraction of sp³-hybridized carbons (Fsp3) is 0.188. The minimum Gasteiger partial charge on any atom is -0.303 e. The van der Waals surface area contributed by atoms with E-state index >= 15 is 0 Å². The van der Waals surface area contributed by atoms with E-state index in [2.05, 4.69) is 33.7 Å². The van der Waals surface area contributed by atoms with Gasteiger partial charge in [-0.3, -0.25) is 4.79 Å². The summed E-state index contributed by atoms with van der Waals surface area (Å²) in [4.78, 5) is 11.6. The standard InChI is InChI=1S/C16H15N3OS/c1-2-14-15(20)18-16(21-14)19-17-10-12-8-5-7-11-6-3-4-9-13(11)12/h3-10,14H,2H2,1H3,(H,18,19,20)/b17-10+. The van der Waals surface area contributed by atoms with Gasteiger partial charge in [-0.1, -0.05) is 61.2 Å². The minimum absolute atomic E-state index is 0.0154. The summed E-state index contributed by atoms with van der Waals surface area (Å²) in [5, 5.41) is 13.8. The SMILES string of the molecule is CCC1S/C(=N\N=C\c2cccc3ccccc23)NC1=O. The number of thioether (sulfide) groups is 1. The Labute approximate surface area is 127 Å². The molecule has 106 valence electrons. The van der Waals surface area contributed by atoms with Gasteiger partial charge in [0, 0.05) is 5.56 Å². The molecule has 0 bridgehead atoms. The van der Waals surface area contributed by atoms with Gasteiger partial charge < -0.3 is 5.32 Å². The van der Waals surface area contributed by atoms with Crippen LogP contribution in [0.4, 0.5) is 0 Å². The van der Waals surface area contributed by atoms with Crippen molar-refractivity contribution < 1.29 is 4.79 Å². The zero-order chi connectivity index (χ0) is 14.7. The third-order valence-corrected chi connectivity index (χ3v) is 4.55. The van der Waals surface area contributed by atoms with Gasteiger partial charge >= 0.3 is 0 Å². The van der Waals surface area contributed by atoms with Crippen LogP contribution in [0.1, 0.15) is 18.9 Å². The molecule has 5 heteroatoms. The maximum Gasteiger partial charge on any atom is 0.239 e. The maximum absolute atomic E-state index is 11.6. The largest absolute Gasteiger partial charge is 0.303 e. The molecule has 1 heterocycles. The van der Waals surface area contributed by atoms with Crippen LogP contribution in [-0.2, 0) is 4.79 Å². The molecule has 1 atom stereocenters. The summed E-state index contributed by atoms with van der Waals surface area (Å²) < 4.78 is 0. The lowest BCUT2D eigenvalue weighted by Crippen LogP contribution is -2.24. The lowest BCUT2D eigenvalue weighted by Gasteiger charge is -2.00. The molecule has 1 fully saturated rings. The van der Waals surface area contributed by atoms with Crippen LogP contribution in [-0.4, -0.2) is 22.5 Å². The zero-order valence-electron chi connectivity index (χ0n) is 11.6. The van der Waals surface area contributed by atoms with Gasteiger partial charge in [0.25, 0.3) is 0 Å². The number of amides is 1. The molecular weight excluding hydrogens is 282 g/mol. The smallest absolute Gasteiger partial charge is 0.239 e. The predicted molar refractivity (Wildman–Crippen MR) is 88.8 cm³/mol. The summed E-state index contributed by atoms with van der Waals surface area (Å²) in [7, 11) is 0. The molecule has 1 N–H and O–H groups in total. The molecule has 1 unspecified atom stereocenters. The number of hydrogen-bond acceptors (Lipinski definition) is 4. The number of fused-ring (bicyclic) bond motifs is 1. The summed E-state index contributed by atoms with van der Waals surface area (Å²) in [6.07, 6.45) is 2.52. The second kappa shape index (κ2) is 6.10. The second-order valence-electron chi connectivity index (χ2n) is 4.72. The van der Waals surface area contributed by atoms with Crippen molar-refractivity contribution in [2.24, 2.45) is 10.2 Å². The van der Waals surface area contributed by atoms with Crippen LogP contribution >= 0.6 is 11.8 Å². The third-order valence-electron chi connectivity index (χ3n) is 3.32. The summed E-state index contributed by atoms with van der Waals surface area (Å²) >= 11 is 1.43. The summed E-state index contributed by atoms with van der Waals surface area (Å²) in [5.41, 5.74) is 1.01. The Kier molecular flexibility index (Phi) is 4.01. The number of carbonyl (C=O) groups excluding carboxylic acids is 1. The van der Waals surface area contributed by atoms with Crippen molar-refractivity contribution in [2.75, 3.05) is 0 Å². The Morgan fingerprint density at radius 3 is 2.86 bits per heavy atom. The number of nitrogens with one attached hydrogen (secondary N) is 1. The van der Waals surface area contributed by atoms with E-state index in [4.69, 9.17) is 0 Å². The summed E-state index contributed by atoms with van der Waals surface area (Å²) in [6, 6.07) is 14.2. The van der Waals surface area contributed by atoms with Gasteiger partial charge in [0.15, 0.2) is 5.17 Å². The molecule has 2 aromatic rings. The number of hydrogen-bond donors (Lipinski definition) is 1. The highest BCUT2D eigenvalue weighted by Gasteiger charge is 2.28. The van der Waals surface area contributed by atoms with E-state index in [1.165, 1.54) is 17.1 Å². The lowest BCUT2D eigenvalue weighted by atomic mass is 10.1. The van der Waals surface area contributed by atoms with Gasteiger partial charge in [-0.05, 0) is 17.2 Å². The van der Waals surface area contributed by atoms with Crippen LogP contribution in [0.15, 0.2) is 52.7 Å². The molecule has 21 heavy (non-hydrogen) atoms. The predicted octanol–water partition coefficient (Wildman–Crippen LogP) is 3.17. The first kappa shape index (κ1) is 13.8. The first-order valence-electron chi connectivity index (χ1n) is 6.84. The third kappa shape index (κ3) is 2.97. The molecule has 0 radical (unpaired) electrons. The van der Waals surface area contributed by atoms with Crippen molar-refractivity contribution in [2.45, 2.75) is 18.6 Å². The number of rotatable bonds is 3. The van der Waals surface area contributed by atoms with Crippen LogP contribution in [0.5, 0.6) is 0 Å². The Morgan fingerprint density at radius 2 is 2.05 bits per heavy atom. The zero-order valence-corrected chi connectivity index (χ0v) is 12.4. The number of amidine groups is 1. The van der Waals surface area contributed by atoms with E-state index in [0.717, 1.165) is 17.4 Å². The molecular formula is C16H15N3OS. The first-order chi connectivity index (χ1) is 10.3. The molecule has 2 aromatic carbocycles. The number of nitrogens with zero attached hydrogens (tertiary/aromatic N) is 2. The van der Waals surface area contributed by atoms with E-state index in [9.17, 15) is 4.79 Å². The van der Waals surface area contributed by atoms with Gasteiger partial charge in [-0.15, -0.1) is 5.10 Å². The Bertz CT molecular complexity index is 734. The normalized spacial score (nSPS) is 20.5. The van der Waals surface area contributed by atoms with Crippen LogP contribution in [0.2, 0.25) is 0 Å². The topological polar surface area (TPSA) is 53.8 Å². The quantitative estimate of drug-likeness (QED) is 0.699. The van der Waals surface area contributed by atoms with Crippen molar-refractivity contribution in [3.05, 3.63) is 48.0 Å². The molecule has 0 saturated carbocycles. The van der Waals surface area contributed by atoms with Crippen LogP contribution in [0.25, 0.3) is 10.8 Å². The number of carbonyl (C=O) groups is 1. The second-order valence-corrected chi connectivity index (χ2v) is 5.91. The fourth-order valence-corrected chi connectivity index (χ4v) is 3.08. The molecule has 4 nitrogen and oxygen atoms in total. The van der Waals surface area contributed by atoms with E-state index < -0.39 is 0 Å². The summed E-state index contributed by atoms with van der Waals surface area (Å²) in [5.74, 6) is 0.0154. The minimum atomic E-state index is -0.0449. The maximum atomic E-state index is 11.6. The monoisotopic (exact) mass is 297 g/mol. The Balaban J connectivity index is 1.81. The molecule has 0 aliphatic carbocycles. The van der Waals surface area contributed by atoms with Gasteiger partial charge in [-0.2, -0.15) is 5.10 Å². The summed E-state index contributed by atoms with van der Waals surface area (Å²) in [6.45, 7) is 1.99. The Hall–Kier alpha value is -2.14. The van der Waals surface area contributed by atoms with Crippen molar-refractivity contribution in [3.63, 3.8) is 0 Å². The van der Waals surface area contributed by atoms with Gasteiger partial charge in [0.1, 0.15) is 0 Å². The van der Waals surface area contributed by atoms with E-state index in [0.29, 0.717) is 5.17 Å². The highest BCUT2D eigenvalue weighted by molar-refractivity contribution is 8.15.